The Morgan fingerprint density at radius 3 is 2.76 bits per heavy atom. The van der Waals surface area contributed by atoms with Crippen LogP contribution in [0.5, 0.6) is 5.75 Å². The second kappa shape index (κ2) is 9.49. The second-order valence-corrected chi connectivity index (χ2v) is 9.89. The molecule has 37 heavy (non-hydrogen) atoms. The third-order valence-electron chi connectivity index (χ3n) is 6.41. The van der Waals surface area contributed by atoms with Crippen LogP contribution in [0, 0.1) is 11.6 Å². The van der Waals surface area contributed by atoms with Crippen molar-refractivity contribution < 1.29 is 23.0 Å². The van der Waals surface area contributed by atoms with Crippen LogP contribution < -0.4 is 15.5 Å². The predicted molar refractivity (Wildman–Crippen MR) is 131 cm³/mol. The molecule has 1 N–H and O–H groups in total. The lowest BCUT2D eigenvalue weighted by Gasteiger charge is -2.31. The second-order valence-electron chi connectivity index (χ2n) is 8.83. The van der Waals surface area contributed by atoms with Crippen molar-refractivity contribution in [1.29, 1.82) is 0 Å². The molecule has 4 heterocycles. The molecule has 0 aliphatic carbocycles. The minimum atomic E-state index is -0.680. The molecule has 188 valence electrons. The average Bonchev–Trinajstić information content (AvgIpc) is 3.55. The number of halogens is 2. The lowest BCUT2D eigenvalue weighted by Crippen LogP contribution is -2.48. The average molecular weight is 523 g/mol. The molecule has 1 fully saturated rings. The molecular formula is C26H20F2N4O4S. The third-order valence-corrected chi connectivity index (χ3v) is 7.37. The molecule has 2 aliphatic heterocycles. The van der Waals surface area contributed by atoms with Crippen LogP contribution in [0.4, 0.5) is 8.78 Å². The number of hydrogen-bond donors (Lipinski definition) is 1. The summed E-state index contributed by atoms with van der Waals surface area (Å²) in [6.07, 6.45) is 1.69. The van der Waals surface area contributed by atoms with Crippen LogP contribution in [-0.2, 0) is 17.8 Å². The maximum Gasteiger partial charge on any atom is 0.272 e. The molecule has 2 aromatic carbocycles. The molecule has 0 saturated carbocycles. The van der Waals surface area contributed by atoms with E-state index in [1.165, 1.54) is 12.1 Å². The SMILES string of the molecule is O=C1N[C@@H]2COCC2n2cc(-c3nnc(Cc4ccc(F)cc4F)s3)c(=O)c(OCc3ccccc3)c21. The number of carbonyl (C=O) groups excluding carboxylic acids is 1. The Morgan fingerprint density at radius 2 is 1.95 bits per heavy atom. The summed E-state index contributed by atoms with van der Waals surface area (Å²) in [5, 5.41) is 12.0. The summed E-state index contributed by atoms with van der Waals surface area (Å²) in [6, 6.07) is 12.2. The first-order valence-corrected chi connectivity index (χ1v) is 12.4. The summed E-state index contributed by atoms with van der Waals surface area (Å²) in [7, 11) is 0. The van der Waals surface area contributed by atoms with E-state index in [4.69, 9.17) is 9.47 Å². The zero-order valence-electron chi connectivity index (χ0n) is 19.3. The molecule has 2 aromatic heterocycles. The lowest BCUT2D eigenvalue weighted by molar-refractivity contribution is 0.0883. The van der Waals surface area contributed by atoms with Gasteiger partial charge in [0.25, 0.3) is 5.91 Å². The van der Waals surface area contributed by atoms with Crippen LogP contribution in [-0.4, -0.2) is 39.9 Å². The number of rotatable bonds is 6. The first-order chi connectivity index (χ1) is 18.0. The predicted octanol–water partition coefficient (Wildman–Crippen LogP) is 3.50. The molecule has 0 bridgehead atoms. The van der Waals surface area contributed by atoms with E-state index in [1.807, 2.05) is 30.3 Å². The molecule has 1 saturated heterocycles. The number of amides is 1. The number of ether oxygens (including phenoxy) is 2. The van der Waals surface area contributed by atoms with Crippen molar-refractivity contribution in [2.24, 2.45) is 0 Å². The van der Waals surface area contributed by atoms with E-state index in [0.29, 0.717) is 23.2 Å². The Morgan fingerprint density at radius 1 is 1.11 bits per heavy atom. The van der Waals surface area contributed by atoms with Gasteiger partial charge in [0, 0.05) is 18.7 Å². The standard InChI is InChI=1S/C26H20F2N4O4S/c27-16-7-6-15(18(28)9-16)8-21-30-31-26(37-21)17-10-32-20-13-35-12-19(20)29-25(34)22(32)24(23(17)33)36-11-14-4-2-1-3-5-14/h1-7,9-10,19-20H,8,11-13H2,(H,29,34)/t19-,20?/m1/s1. The number of nitrogens with one attached hydrogen (secondary N) is 1. The first kappa shape index (κ1) is 23.4. The van der Waals surface area contributed by atoms with Gasteiger partial charge in [-0.15, -0.1) is 10.2 Å². The number of fused-ring (bicyclic) bond motifs is 3. The molecule has 4 aromatic rings. The molecule has 2 aliphatic rings. The highest BCUT2D eigenvalue weighted by molar-refractivity contribution is 7.14. The molecule has 11 heteroatoms. The van der Waals surface area contributed by atoms with E-state index >= 15 is 0 Å². The fraction of sp³-hybridized carbons (Fsp3) is 0.231. The van der Waals surface area contributed by atoms with Crippen LogP contribution in [0.15, 0.2) is 59.5 Å². The fourth-order valence-corrected chi connectivity index (χ4v) is 5.43. The van der Waals surface area contributed by atoms with Crippen molar-refractivity contribution in [2.45, 2.75) is 25.1 Å². The van der Waals surface area contributed by atoms with Gasteiger partial charge in [-0.25, -0.2) is 8.78 Å². The lowest BCUT2D eigenvalue weighted by atomic mass is 10.0. The molecule has 2 atom stereocenters. The normalized spacial score (nSPS) is 18.3. The number of aromatic nitrogens is 3. The highest BCUT2D eigenvalue weighted by Gasteiger charge is 2.40. The smallest absolute Gasteiger partial charge is 0.272 e. The minimum Gasteiger partial charge on any atom is -0.483 e. The highest BCUT2D eigenvalue weighted by Crippen LogP contribution is 2.33. The Hall–Kier alpha value is -3.96. The van der Waals surface area contributed by atoms with Crippen LogP contribution in [0.2, 0.25) is 0 Å². The van der Waals surface area contributed by atoms with Crippen molar-refractivity contribution in [3.05, 3.63) is 98.4 Å². The molecule has 1 unspecified atom stereocenters. The van der Waals surface area contributed by atoms with Crippen molar-refractivity contribution in [2.75, 3.05) is 13.2 Å². The van der Waals surface area contributed by atoms with Gasteiger partial charge in [0.1, 0.15) is 23.2 Å². The van der Waals surface area contributed by atoms with Crippen LogP contribution in [0.25, 0.3) is 10.6 Å². The van der Waals surface area contributed by atoms with Gasteiger partial charge in [0.05, 0.1) is 30.9 Å². The summed E-state index contributed by atoms with van der Waals surface area (Å²) in [4.78, 5) is 26.7. The molecule has 8 nitrogen and oxygen atoms in total. The summed E-state index contributed by atoms with van der Waals surface area (Å²) >= 11 is 1.12. The van der Waals surface area contributed by atoms with E-state index in [1.54, 1.807) is 10.8 Å². The minimum absolute atomic E-state index is 0.0782. The molecule has 0 radical (unpaired) electrons. The topological polar surface area (TPSA) is 95.3 Å². The summed E-state index contributed by atoms with van der Waals surface area (Å²) in [6.45, 7) is 0.822. The van der Waals surface area contributed by atoms with Gasteiger partial charge < -0.3 is 19.4 Å². The maximum absolute atomic E-state index is 14.2. The van der Waals surface area contributed by atoms with Gasteiger partial charge in [0.15, 0.2) is 16.5 Å². The molecule has 0 spiro atoms. The zero-order valence-corrected chi connectivity index (χ0v) is 20.1. The van der Waals surface area contributed by atoms with Crippen molar-refractivity contribution in [1.82, 2.24) is 20.1 Å². The van der Waals surface area contributed by atoms with Crippen LogP contribution in [0.1, 0.15) is 32.7 Å². The number of benzene rings is 2. The van der Waals surface area contributed by atoms with Gasteiger partial charge in [-0.05, 0) is 17.2 Å². The molecule has 6 rings (SSSR count). The van der Waals surface area contributed by atoms with E-state index in [9.17, 15) is 18.4 Å². The van der Waals surface area contributed by atoms with Crippen molar-refractivity contribution in [3.8, 4) is 16.3 Å². The Kier molecular flexibility index (Phi) is 6.01. The van der Waals surface area contributed by atoms with E-state index in [-0.39, 0.29) is 47.7 Å². The van der Waals surface area contributed by atoms with E-state index in [2.05, 4.69) is 15.5 Å². The van der Waals surface area contributed by atoms with Crippen molar-refractivity contribution in [3.63, 3.8) is 0 Å². The zero-order chi connectivity index (χ0) is 25.5. The highest BCUT2D eigenvalue weighted by atomic mass is 32.1. The van der Waals surface area contributed by atoms with Gasteiger partial charge in [-0.3, -0.25) is 9.59 Å². The Labute approximate surface area is 213 Å². The van der Waals surface area contributed by atoms with Gasteiger partial charge >= 0.3 is 0 Å². The Bertz CT molecular complexity index is 1560. The molecule has 1 amide bonds. The number of hydrogen-bond acceptors (Lipinski definition) is 7. The number of carbonyl (C=O) groups is 1. The van der Waals surface area contributed by atoms with Crippen LogP contribution in [0.3, 0.4) is 0 Å². The largest absolute Gasteiger partial charge is 0.483 e. The fourth-order valence-electron chi connectivity index (χ4n) is 4.56. The van der Waals surface area contributed by atoms with Gasteiger partial charge in [0.2, 0.25) is 5.43 Å². The number of nitrogens with zero attached hydrogens (tertiary/aromatic N) is 3. The first-order valence-electron chi connectivity index (χ1n) is 11.6. The van der Waals surface area contributed by atoms with Gasteiger partial charge in [-0.2, -0.15) is 0 Å². The third kappa shape index (κ3) is 4.40. The van der Waals surface area contributed by atoms with Crippen molar-refractivity contribution >= 4 is 17.2 Å². The van der Waals surface area contributed by atoms with E-state index in [0.717, 1.165) is 23.0 Å². The van der Waals surface area contributed by atoms with Crippen LogP contribution >= 0.6 is 11.3 Å². The Balaban J connectivity index is 1.41. The molecular weight excluding hydrogens is 502 g/mol. The van der Waals surface area contributed by atoms with Gasteiger partial charge in [-0.1, -0.05) is 47.7 Å². The maximum atomic E-state index is 14.2. The monoisotopic (exact) mass is 522 g/mol. The quantitative estimate of drug-likeness (QED) is 0.417. The summed E-state index contributed by atoms with van der Waals surface area (Å²) < 4.78 is 40.7. The summed E-state index contributed by atoms with van der Waals surface area (Å²) in [5.74, 6) is -1.84. The van der Waals surface area contributed by atoms with E-state index < -0.39 is 23.0 Å². The summed E-state index contributed by atoms with van der Waals surface area (Å²) in [5.41, 5.74) is 0.958. The number of pyridine rings is 1.